The highest BCUT2D eigenvalue weighted by molar-refractivity contribution is 7.13. The molecule has 2 aromatic heterocycles. The number of guanidine groups is 1. The van der Waals surface area contributed by atoms with Gasteiger partial charge in [-0.25, -0.2) is 9.36 Å². The molecule has 1 fully saturated rings. The van der Waals surface area contributed by atoms with Crippen LogP contribution in [0.5, 0.6) is 0 Å². The second kappa shape index (κ2) is 7.81. The fourth-order valence-electron chi connectivity index (χ4n) is 3.55. The fraction of sp³-hybridized carbons (Fsp3) is 0.316. The number of nitrogens with one attached hydrogen (secondary N) is 2. The first-order valence-electron chi connectivity index (χ1n) is 9.53. The summed E-state index contributed by atoms with van der Waals surface area (Å²) in [5, 5.41) is 5.80. The molecule has 0 radical (unpaired) electrons. The van der Waals surface area contributed by atoms with E-state index in [0.717, 1.165) is 18.6 Å². The molecule has 3 heterocycles. The molecule has 10 nitrogen and oxygen atoms in total. The number of carbonyl (C=O) groups excluding carboxylic acids is 1. The third-order valence-corrected chi connectivity index (χ3v) is 5.95. The quantitative estimate of drug-likeness (QED) is 0.574. The molecule has 0 aliphatic carbocycles. The predicted octanol–water partition coefficient (Wildman–Crippen LogP) is 1.06. The minimum absolute atomic E-state index is 0.00961. The maximum Gasteiger partial charge on any atom is 0.431 e. The molecular formula is C19H17F3N6O4S. The summed E-state index contributed by atoms with van der Waals surface area (Å²) in [6, 6.07) is 4.71. The van der Waals surface area contributed by atoms with Gasteiger partial charge >= 0.3 is 11.9 Å². The Labute approximate surface area is 187 Å². The number of alkyl halides is 3. The summed E-state index contributed by atoms with van der Waals surface area (Å²) in [5.41, 5.74) is -5.24. The van der Waals surface area contributed by atoms with Gasteiger partial charge in [0.15, 0.2) is 0 Å². The van der Waals surface area contributed by atoms with Crippen LogP contribution in [0.15, 0.2) is 38.8 Å². The van der Waals surface area contributed by atoms with E-state index < -0.39 is 34.8 Å². The molecule has 1 aromatic carbocycles. The Bertz CT molecular complexity index is 1420. The van der Waals surface area contributed by atoms with Crippen molar-refractivity contribution < 1.29 is 22.7 Å². The Kier molecular flexibility index (Phi) is 5.36. The highest BCUT2D eigenvalue weighted by Gasteiger charge is 2.50. The summed E-state index contributed by atoms with van der Waals surface area (Å²) in [6.07, 6.45) is -4.87. The van der Waals surface area contributed by atoms with E-state index in [4.69, 9.17) is 4.74 Å². The minimum Gasteiger partial charge on any atom is -0.346 e. The first-order valence-corrected chi connectivity index (χ1v) is 10.3. The van der Waals surface area contributed by atoms with Gasteiger partial charge in [-0.05, 0) is 36.7 Å². The number of halogens is 3. The number of methoxy groups -OCH3 is 1. The Balaban J connectivity index is 1.92. The van der Waals surface area contributed by atoms with Gasteiger partial charge in [0, 0.05) is 32.2 Å². The summed E-state index contributed by atoms with van der Waals surface area (Å²) in [6.45, 7) is 2.17. The van der Waals surface area contributed by atoms with Gasteiger partial charge in [-0.3, -0.25) is 24.5 Å². The largest absolute Gasteiger partial charge is 0.431 e. The average molecular weight is 482 g/mol. The lowest BCUT2D eigenvalue weighted by molar-refractivity contribution is -0.144. The molecule has 1 aliphatic rings. The number of aromatic nitrogens is 3. The standard InChI is InChI=1S/C19H17F3N6O4S/c1-4-23-16-24-15(30)18(25-16,32-3)14-10-7-9(5-6-11(10)33-26-14)28-13(29)8-12(19(20,21)22)27(2)17(28)31/h5-8H,4H2,1-3H3,(H2,23,24,25,30). The molecule has 174 valence electrons. The Hall–Kier alpha value is -3.52. The van der Waals surface area contributed by atoms with Gasteiger partial charge in [0.05, 0.1) is 10.4 Å². The lowest BCUT2D eigenvalue weighted by Gasteiger charge is -2.23. The summed E-state index contributed by atoms with van der Waals surface area (Å²) < 4.78 is 50.8. The highest BCUT2D eigenvalue weighted by atomic mass is 32.1. The van der Waals surface area contributed by atoms with Crippen molar-refractivity contribution in [3.8, 4) is 5.69 Å². The molecule has 2 N–H and O–H groups in total. The number of rotatable bonds is 4. The maximum atomic E-state index is 13.2. The van der Waals surface area contributed by atoms with Crippen molar-refractivity contribution in [1.82, 2.24) is 24.1 Å². The van der Waals surface area contributed by atoms with Gasteiger partial charge < -0.3 is 10.1 Å². The molecule has 0 bridgehead atoms. The van der Waals surface area contributed by atoms with Crippen LogP contribution >= 0.6 is 11.5 Å². The molecule has 1 atom stereocenters. The van der Waals surface area contributed by atoms with Crippen molar-refractivity contribution in [2.45, 2.75) is 18.8 Å². The smallest absolute Gasteiger partial charge is 0.346 e. The molecular weight excluding hydrogens is 465 g/mol. The van der Waals surface area contributed by atoms with Crippen LogP contribution in [-0.2, 0) is 28.5 Å². The first kappa shape index (κ1) is 22.7. The van der Waals surface area contributed by atoms with Crippen molar-refractivity contribution in [3.05, 3.63) is 56.5 Å². The molecule has 14 heteroatoms. The molecule has 1 amide bonds. The van der Waals surface area contributed by atoms with Crippen molar-refractivity contribution in [3.63, 3.8) is 0 Å². The zero-order chi connectivity index (χ0) is 24.1. The van der Waals surface area contributed by atoms with Gasteiger partial charge in [-0.1, -0.05) is 0 Å². The van der Waals surface area contributed by atoms with E-state index in [1.165, 1.54) is 19.2 Å². The van der Waals surface area contributed by atoms with Crippen LogP contribution in [0.1, 0.15) is 18.3 Å². The van der Waals surface area contributed by atoms with Gasteiger partial charge in [-0.2, -0.15) is 17.5 Å². The molecule has 1 saturated heterocycles. The molecule has 1 unspecified atom stereocenters. The van der Waals surface area contributed by atoms with E-state index in [-0.39, 0.29) is 17.3 Å². The summed E-state index contributed by atoms with van der Waals surface area (Å²) >= 11 is 1.04. The SMILES string of the molecule is CCN=C1NC(=O)C(OC)(c2nsc3ccc(-n4c(=O)cc(C(F)(F)F)n(C)c4=O)cc23)N1. The van der Waals surface area contributed by atoms with Gasteiger partial charge in [0.1, 0.15) is 11.4 Å². The topological polar surface area (TPSA) is 120 Å². The Morgan fingerprint density at radius 3 is 2.61 bits per heavy atom. The third-order valence-electron chi connectivity index (χ3n) is 5.12. The number of fused-ring (bicyclic) bond motifs is 1. The highest BCUT2D eigenvalue weighted by Crippen LogP contribution is 2.34. The van der Waals surface area contributed by atoms with Crippen LogP contribution in [0, 0.1) is 0 Å². The lowest BCUT2D eigenvalue weighted by Crippen LogP contribution is -2.46. The number of ether oxygens (including phenoxy) is 1. The molecule has 1 aliphatic heterocycles. The number of benzene rings is 1. The van der Waals surface area contributed by atoms with Crippen molar-refractivity contribution in [2.24, 2.45) is 12.0 Å². The van der Waals surface area contributed by atoms with Gasteiger partial charge in [0.25, 0.3) is 17.2 Å². The van der Waals surface area contributed by atoms with E-state index in [2.05, 4.69) is 20.0 Å². The Morgan fingerprint density at radius 1 is 1.24 bits per heavy atom. The predicted molar refractivity (Wildman–Crippen MR) is 113 cm³/mol. The zero-order valence-corrected chi connectivity index (χ0v) is 18.3. The van der Waals surface area contributed by atoms with E-state index in [1.54, 1.807) is 13.0 Å². The molecule has 4 rings (SSSR count). The fourth-order valence-corrected chi connectivity index (χ4v) is 4.35. The van der Waals surface area contributed by atoms with Crippen LogP contribution in [0.3, 0.4) is 0 Å². The first-order chi connectivity index (χ1) is 15.5. The van der Waals surface area contributed by atoms with E-state index in [9.17, 15) is 27.6 Å². The monoisotopic (exact) mass is 482 g/mol. The number of aliphatic imine (C=N–C) groups is 1. The molecule has 0 saturated carbocycles. The number of amides is 1. The lowest BCUT2D eigenvalue weighted by atomic mass is 10.1. The third kappa shape index (κ3) is 3.51. The molecule has 33 heavy (non-hydrogen) atoms. The van der Waals surface area contributed by atoms with Gasteiger partial charge in [0.2, 0.25) is 5.96 Å². The maximum absolute atomic E-state index is 13.2. The minimum atomic E-state index is -4.87. The second-order valence-corrected chi connectivity index (χ2v) is 7.85. The van der Waals surface area contributed by atoms with Crippen molar-refractivity contribution in [1.29, 1.82) is 0 Å². The van der Waals surface area contributed by atoms with Crippen molar-refractivity contribution >= 4 is 33.5 Å². The van der Waals surface area contributed by atoms with E-state index in [0.29, 0.717) is 31.8 Å². The van der Waals surface area contributed by atoms with Crippen LogP contribution < -0.4 is 21.9 Å². The molecule has 0 spiro atoms. The van der Waals surface area contributed by atoms with Crippen LogP contribution in [-0.4, -0.2) is 39.0 Å². The molecule has 3 aromatic rings. The summed E-state index contributed by atoms with van der Waals surface area (Å²) in [5.74, 6) is -0.383. The number of carbonyl (C=O) groups is 1. The van der Waals surface area contributed by atoms with Crippen LogP contribution in [0.2, 0.25) is 0 Å². The zero-order valence-electron chi connectivity index (χ0n) is 17.5. The Morgan fingerprint density at radius 2 is 1.97 bits per heavy atom. The summed E-state index contributed by atoms with van der Waals surface area (Å²) in [7, 11) is 2.23. The van der Waals surface area contributed by atoms with Crippen LogP contribution in [0.4, 0.5) is 13.2 Å². The van der Waals surface area contributed by atoms with Crippen LogP contribution in [0.25, 0.3) is 15.8 Å². The normalized spacial score (nSPS) is 19.8. The average Bonchev–Trinajstić information content (AvgIpc) is 3.31. The van der Waals surface area contributed by atoms with E-state index in [1.807, 2.05) is 0 Å². The van der Waals surface area contributed by atoms with Gasteiger partial charge in [-0.15, -0.1) is 0 Å². The number of hydrogen-bond donors (Lipinski definition) is 2. The second-order valence-electron chi connectivity index (χ2n) is 7.04. The number of nitrogens with zero attached hydrogens (tertiary/aromatic N) is 4. The van der Waals surface area contributed by atoms with Crippen molar-refractivity contribution in [2.75, 3.05) is 13.7 Å². The number of hydrogen-bond acceptors (Lipinski definition) is 7. The van der Waals surface area contributed by atoms with E-state index >= 15 is 0 Å². The summed E-state index contributed by atoms with van der Waals surface area (Å²) in [4.78, 5) is 42.0.